The Kier molecular flexibility index (Phi) is 7.05. The monoisotopic (exact) mass is 570 g/mol. The van der Waals surface area contributed by atoms with E-state index in [9.17, 15) is 14.3 Å². The minimum Gasteiger partial charge on any atom is -0.507 e. The summed E-state index contributed by atoms with van der Waals surface area (Å²) >= 11 is 6.93. The summed E-state index contributed by atoms with van der Waals surface area (Å²) in [7, 11) is 0. The van der Waals surface area contributed by atoms with Gasteiger partial charge in [-0.3, -0.25) is 4.79 Å². The van der Waals surface area contributed by atoms with Crippen LogP contribution in [0.1, 0.15) is 21.5 Å². The first-order chi connectivity index (χ1) is 15.9. The lowest BCUT2D eigenvalue weighted by Gasteiger charge is -2.11. The predicted octanol–water partition coefficient (Wildman–Crippen LogP) is 6.55. The topological polar surface area (TPSA) is 70.9 Å². The minimum atomic E-state index is -0.525. The number of phenolic OH excluding ortho intramolecular Hbond substituents is 1. The summed E-state index contributed by atoms with van der Waals surface area (Å²) in [6, 6.07) is 20.4. The van der Waals surface area contributed by atoms with Crippen molar-refractivity contribution in [3.63, 3.8) is 0 Å². The lowest BCUT2D eigenvalue weighted by Crippen LogP contribution is -2.17. The molecule has 0 unspecified atom stereocenters. The highest BCUT2D eigenvalue weighted by Gasteiger charge is 2.12. The van der Waals surface area contributed by atoms with Crippen molar-refractivity contribution >= 4 is 54.8 Å². The van der Waals surface area contributed by atoms with Gasteiger partial charge in [0.2, 0.25) is 0 Å². The van der Waals surface area contributed by atoms with Crippen LogP contribution >= 0.6 is 31.9 Å². The fraction of sp³-hybridized carbons (Fsp3) is 0.0400. The summed E-state index contributed by atoms with van der Waals surface area (Å²) in [5.74, 6) is -0.407. The number of rotatable bonds is 6. The first-order valence-electron chi connectivity index (χ1n) is 9.82. The Balaban J connectivity index is 1.44. The highest BCUT2D eigenvalue weighted by Crippen LogP contribution is 2.35. The second kappa shape index (κ2) is 10.1. The van der Waals surface area contributed by atoms with Gasteiger partial charge in [0.15, 0.2) is 0 Å². The van der Waals surface area contributed by atoms with E-state index in [2.05, 4.69) is 42.4 Å². The van der Waals surface area contributed by atoms with Gasteiger partial charge in [0.1, 0.15) is 23.9 Å². The van der Waals surface area contributed by atoms with Crippen molar-refractivity contribution in [1.29, 1.82) is 0 Å². The number of carbonyl (C=O) groups excluding carboxylic acids is 1. The molecule has 4 aromatic rings. The molecule has 0 aromatic heterocycles. The van der Waals surface area contributed by atoms with Crippen LogP contribution in [0, 0.1) is 5.82 Å². The number of nitrogens with zero attached hydrogens (tertiary/aromatic N) is 1. The minimum absolute atomic E-state index is 0.119. The van der Waals surface area contributed by atoms with E-state index in [0.717, 1.165) is 10.8 Å². The quantitative estimate of drug-likeness (QED) is 0.203. The second-order valence-corrected chi connectivity index (χ2v) is 8.86. The number of hydrogen-bond donors (Lipinski definition) is 2. The van der Waals surface area contributed by atoms with Gasteiger partial charge in [-0.05, 0) is 90.2 Å². The van der Waals surface area contributed by atoms with E-state index >= 15 is 0 Å². The van der Waals surface area contributed by atoms with E-state index in [1.165, 1.54) is 18.3 Å². The van der Waals surface area contributed by atoms with Crippen LogP contribution in [0.2, 0.25) is 0 Å². The van der Waals surface area contributed by atoms with Crippen LogP contribution in [-0.2, 0) is 6.61 Å². The third-order valence-electron chi connectivity index (χ3n) is 4.78. The van der Waals surface area contributed by atoms with Gasteiger partial charge in [0.05, 0.1) is 20.7 Å². The summed E-state index contributed by atoms with van der Waals surface area (Å²) in [6.07, 6.45) is 1.47. The van der Waals surface area contributed by atoms with Crippen LogP contribution in [-0.4, -0.2) is 17.2 Å². The van der Waals surface area contributed by atoms with Gasteiger partial charge in [-0.2, -0.15) is 5.10 Å². The van der Waals surface area contributed by atoms with Gasteiger partial charge in [-0.15, -0.1) is 0 Å². The number of nitrogens with one attached hydrogen (secondary N) is 1. The summed E-state index contributed by atoms with van der Waals surface area (Å²) in [5, 5.41) is 15.9. The van der Waals surface area contributed by atoms with E-state index in [-0.39, 0.29) is 23.7 Å². The zero-order chi connectivity index (χ0) is 23.4. The smallest absolute Gasteiger partial charge is 0.275 e. The Bertz CT molecular complexity index is 1350. The van der Waals surface area contributed by atoms with E-state index in [0.29, 0.717) is 25.8 Å². The zero-order valence-electron chi connectivity index (χ0n) is 17.1. The van der Waals surface area contributed by atoms with Gasteiger partial charge >= 0.3 is 0 Å². The normalized spacial score (nSPS) is 11.1. The molecule has 0 aliphatic rings. The molecule has 8 heteroatoms. The zero-order valence-corrected chi connectivity index (χ0v) is 20.2. The maximum atomic E-state index is 13.3. The lowest BCUT2D eigenvalue weighted by atomic mass is 10.1. The van der Waals surface area contributed by atoms with Crippen LogP contribution in [0.5, 0.6) is 11.5 Å². The third kappa shape index (κ3) is 5.58. The van der Waals surface area contributed by atoms with Crippen LogP contribution < -0.4 is 10.2 Å². The average molecular weight is 572 g/mol. The first kappa shape index (κ1) is 22.9. The highest BCUT2D eigenvalue weighted by atomic mass is 79.9. The largest absolute Gasteiger partial charge is 0.507 e. The number of aromatic hydroxyl groups is 1. The van der Waals surface area contributed by atoms with Gasteiger partial charge in [-0.25, -0.2) is 9.82 Å². The Morgan fingerprint density at radius 2 is 1.70 bits per heavy atom. The number of ether oxygens (including phenoxy) is 1. The summed E-state index contributed by atoms with van der Waals surface area (Å²) < 4.78 is 20.5. The SMILES string of the molecule is O=C(NN=Cc1cc(Br)c(OCc2cccc(F)c2)c(Br)c1)c1cc2ccccc2cc1O. The molecule has 4 rings (SSSR count). The lowest BCUT2D eigenvalue weighted by molar-refractivity contribution is 0.0952. The molecule has 0 saturated carbocycles. The second-order valence-electron chi connectivity index (χ2n) is 7.15. The molecule has 5 nitrogen and oxygen atoms in total. The molecular weight excluding hydrogens is 555 g/mol. The molecule has 0 heterocycles. The molecule has 0 spiro atoms. The van der Waals surface area contributed by atoms with E-state index in [1.54, 1.807) is 36.4 Å². The van der Waals surface area contributed by atoms with Crippen molar-refractivity contribution in [3.05, 3.63) is 104 Å². The van der Waals surface area contributed by atoms with Crippen LogP contribution in [0.4, 0.5) is 4.39 Å². The number of amides is 1. The summed E-state index contributed by atoms with van der Waals surface area (Å²) in [4.78, 5) is 12.5. The third-order valence-corrected chi connectivity index (χ3v) is 5.96. The molecule has 166 valence electrons. The molecule has 0 atom stereocenters. The number of fused-ring (bicyclic) bond motifs is 1. The van der Waals surface area contributed by atoms with Crippen molar-refractivity contribution in [2.24, 2.45) is 5.10 Å². The Morgan fingerprint density at radius 3 is 2.39 bits per heavy atom. The molecular formula is C25H17Br2FN2O3. The van der Waals surface area contributed by atoms with Crippen molar-refractivity contribution < 1.29 is 19.0 Å². The number of benzene rings is 4. The van der Waals surface area contributed by atoms with E-state index in [4.69, 9.17) is 4.74 Å². The maximum Gasteiger partial charge on any atom is 0.275 e. The van der Waals surface area contributed by atoms with Crippen molar-refractivity contribution in [1.82, 2.24) is 5.43 Å². The molecule has 0 radical (unpaired) electrons. The van der Waals surface area contributed by atoms with Crippen LogP contribution in [0.15, 0.2) is 86.8 Å². The fourth-order valence-corrected chi connectivity index (χ4v) is 4.66. The van der Waals surface area contributed by atoms with Gasteiger partial charge in [-0.1, -0.05) is 36.4 Å². The van der Waals surface area contributed by atoms with Gasteiger partial charge in [0.25, 0.3) is 5.91 Å². The predicted molar refractivity (Wildman–Crippen MR) is 133 cm³/mol. The van der Waals surface area contributed by atoms with E-state index in [1.807, 2.05) is 24.3 Å². The summed E-state index contributed by atoms with van der Waals surface area (Å²) in [5.41, 5.74) is 3.96. The average Bonchev–Trinajstić information content (AvgIpc) is 2.78. The molecule has 1 amide bonds. The van der Waals surface area contributed by atoms with Crippen LogP contribution in [0.3, 0.4) is 0 Å². The summed E-state index contributed by atoms with van der Waals surface area (Å²) in [6.45, 7) is 0.202. The molecule has 0 aliphatic heterocycles. The molecule has 0 bridgehead atoms. The molecule has 33 heavy (non-hydrogen) atoms. The Hall–Kier alpha value is -3.23. The fourth-order valence-electron chi connectivity index (χ4n) is 3.21. The van der Waals surface area contributed by atoms with Gasteiger partial charge < -0.3 is 9.84 Å². The highest BCUT2D eigenvalue weighted by molar-refractivity contribution is 9.11. The maximum absolute atomic E-state index is 13.3. The molecule has 0 aliphatic carbocycles. The standard InChI is InChI=1S/C25H17Br2FN2O3/c26-21-9-16(10-22(27)24(21)33-14-15-4-3-7-19(28)8-15)13-29-30-25(32)20-11-17-5-1-2-6-18(17)12-23(20)31/h1-13,31H,14H2,(H,30,32). The Morgan fingerprint density at radius 1 is 1.00 bits per heavy atom. The van der Waals surface area contributed by atoms with Crippen molar-refractivity contribution in [3.8, 4) is 11.5 Å². The molecule has 0 fully saturated rings. The molecule has 2 N–H and O–H groups in total. The molecule has 0 saturated heterocycles. The Labute approximate surface area is 206 Å². The molecule has 4 aromatic carbocycles. The van der Waals surface area contributed by atoms with Crippen molar-refractivity contribution in [2.45, 2.75) is 6.61 Å². The first-order valence-corrected chi connectivity index (χ1v) is 11.4. The number of phenols is 1. The number of hydrazone groups is 1. The number of carbonyl (C=O) groups is 1. The number of halogens is 3. The number of hydrogen-bond acceptors (Lipinski definition) is 4. The van der Waals surface area contributed by atoms with Crippen molar-refractivity contribution in [2.75, 3.05) is 0 Å². The van der Waals surface area contributed by atoms with E-state index < -0.39 is 5.91 Å². The van der Waals surface area contributed by atoms with Crippen LogP contribution in [0.25, 0.3) is 10.8 Å². The van der Waals surface area contributed by atoms with Gasteiger partial charge in [0, 0.05) is 0 Å².